The van der Waals surface area contributed by atoms with E-state index in [9.17, 15) is 0 Å². The highest BCUT2D eigenvalue weighted by Gasteiger charge is 2.20. The fraction of sp³-hybridized carbons (Fsp3) is 0.714. The maximum absolute atomic E-state index is 6.04. The van der Waals surface area contributed by atoms with Crippen molar-refractivity contribution in [1.29, 1.82) is 0 Å². The van der Waals surface area contributed by atoms with Gasteiger partial charge in [-0.1, -0.05) is 20.3 Å². The topological polar surface area (TPSA) is 35.2 Å². The normalized spacial score (nSPS) is 16.8. The summed E-state index contributed by atoms with van der Waals surface area (Å²) in [6.07, 6.45) is 2.48. The number of hydrogen-bond donors (Lipinski definition) is 1. The van der Waals surface area contributed by atoms with E-state index in [2.05, 4.69) is 32.2 Å². The molecule has 1 aromatic heterocycles. The first kappa shape index (κ1) is 14.7. The monoisotopic (exact) mass is 255 g/mol. The first-order valence-corrected chi connectivity index (χ1v) is 7.35. The molecule has 3 atom stereocenters. The van der Waals surface area contributed by atoms with Gasteiger partial charge in [-0.25, -0.2) is 0 Å². The Morgan fingerprint density at radius 2 is 2.12 bits per heavy atom. The van der Waals surface area contributed by atoms with E-state index in [0.717, 1.165) is 6.61 Å². The highest BCUT2D eigenvalue weighted by atomic mass is 32.1. The highest BCUT2D eigenvalue weighted by molar-refractivity contribution is 7.10. The Hall–Kier alpha value is -0.380. The molecule has 2 N–H and O–H groups in total. The Balaban J connectivity index is 2.59. The lowest BCUT2D eigenvalue weighted by Gasteiger charge is -2.23. The van der Waals surface area contributed by atoms with Gasteiger partial charge in [0.15, 0.2) is 0 Å². The van der Waals surface area contributed by atoms with E-state index in [-0.39, 0.29) is 12.1 Å². The molecule has 0 saturated heterocycles. The molecule has 1 rings (SSSR count). The van der Waals surface area contributed by atoms with Crippen molar-refractivity contribution in [3.63, 3.8) is 0 Å². The van der Waals surface area contributed by atoms with E-state index in [1.54, 1.807) is 11.3 Å². The van der Waals surface area contributed by atoms with Crippen LogP contribution in [0.5, 0.6) is 0 Å². The van der Waals surface area contributed by atoms with Gasteiger partial charge in [-0.15, -0.1) is 11.3 Å². The molecule has 0 bridgehead atoms. The highest BCUT2D eigenvalue weighted by Crippen LogP contribution is 2.29. The Morgan fingerprint density at radius 3 is 2.59 bits per heavy atom. The quantitative estimate of drug-likeness (QED) is 0.802. The van der Waals surface area contributed by atoms with Gasteiger partial charge in [0.2, 0.25) is 0 Å². The van der Waals surface area contributed by atoms with E-state index in [4.69, 9.17) is 10.5 Å². The van der Waals surface area contributed by atoms with Gasteiger partial charge in [-0.2, -0.15) is 0 Å². The maximum atomic E-state index is 6.04. The Kier molecular flexibility index (Phi) is 6.17. The summed E-state index contributed by atoms with van der Waals surface area (Å²) in [5.41, 5.74) is 7.33. The van der Waals surface area contributed by atoms with Crippen molar-refractivity contribution in [2.75, 3.05) is 6.61 Å². The van der Waals surface area contributed by atoms with Gasteiger partial charge >= 0.3 is 0 Å². The minimum absolute atomic E-state index is 0.0428. The van der Waals surface area contributed by atoms with E-state index in [0.29, 0.717) is 5.92 Å². The lowest BCUT2D eigenvalue weighted by molar-refractivity contribution is 0.0191. The fourth-order valence-electron chi connectivity index (χ4n) is 1.99. The average molecular weight is 255 g/mol. The van der Waals surface area contributed by atoms with Crippen molar-refractivity contribution in [1.82, 2.24) is 0 Å². The Morgan fingerprint density at radius 1 is 1.41 bits per heavy atom. The van der Waals surface area contributed by atoms with Crippen LogP contribution in [0.25, 0.3) is 0 Å². The molecule has 0 radical (unpaired) electrons. The summed E-state index contributed by atoms with van der Waals surface area (Å²) in [5.74, 6) is 0.613. The van der Waals surface area contributed by atoms with Crippen LogP contribution in [-0.2, 0) is 4.74 Å². The zero-order valence-corrected chi connectivity index (χ0v) is 12.2. The number of aryl methyl sites for hydroxylation is 1. The summed E-state index contributed by atoms with van der Waals surface area (Å²) in [7, 11) is 0. The minimum Gasteiger partial charge on any atom is -0.371 e. The van der Waals surface area contributed by atoms with Crippen LogP contribution in [0, 0.1) is 12.8 Å². The number of ether oxygens (including phenoxy) is 1. The summed E-state index contributed by atoms with van der Waals surface area (Å²) in [6.45, 7) is 9.40. The standard InChI is InChI=1S/C14H25NOS/c1-5-6-10(2)9-16-13(12(4)15)14-11(3)7-8-17-14/h7-8,10,12-13H,5-6,9,15H2,1-4H3. The summed E-state index contributed by atoms with van der Waals surface area (Å²) >= 11 is 1.75. The molecule has 0 aromatic carbocycles. The van der Waals surface area contributed by atoms with Crippen LogP contribution in [-0.4, -0.2) is 12.6 Å². The van der Waals surface area contributed by atoms with E-state index < -0.39 is 0 Å². The first-order valence-electron chi connectivity index (χ1n) is 6.47. The minimum atomic E-state index is 0.0428. The second-order valence-electron chi connectivity index (χ2n) is 4.97. The summed E-state index contributed by atoms with van der Waals surface area (Å²) in [5, 5.41) is 2.11. The molecule has 0 aliphatic heterocycles. The zero-order valence-electron chi connectivity index (χ0n) is 11.4. The predicted molar refractivity (Wildman–Crippen MR) is 75.5 cm³/mol. The molecule has 98 valence electrons. The van der Waals surface area contributed by atoms with Crippen LogP contribution in [0.15, 0.2) is 11.4 Å². The number of nitrogens with two attached hydrogens (primary N) is 1. The molecule has 17 heavy (non-hydrogen) atoms. The SMILES string of the molecule is CCCC(C)COC(c1sccc1C)C(C)N. The molecule has 2 nitrogen and oxygen atoms in total. The van der Waals surface area contributed by atoms with Crippen molar-refractivity contribution in [2.24, 2.45) is 11.7 Å². The van der Waals surface area contributed by atoms with Gasteiger partial charge in [0.05, 0.1) is 6.61 Å². The van der Waals surface area contributed by atoms with Crippen LogP contribution in [0.1, 0.15) is 50.2 Å². The molecule has 3 unspecified atom stereocenters. The molecular formula is C14H25NOS. The van der Waals surface area contributed by atoms with Crippen molar-refractivity contribution >= 4 is 11.3 Å². The summed E-state index contributed by atoms with van der Waals surface area (Å²) in [4.78, 5) is 1.28. The van der Waals surface area contributed by atoms with Crippen molar-refractivity contribution in [3.8, 4) is 0 Å². The molecule has 3 heteroatoms. The molecule has 0 aliphatic carbocycles. The summed E-state index contributed by atoms with van der Waals surface area (Å²) in [6, 6.07) is 2.18. The molecule has 1 heterocycles. The van der Waals surface area contributed by atoms with Crippen LogP contribution in [0.4, 0.5) is 0 Å². The molecular weight excluding hydrogens is 230 g/mol. The van der Waals surface area contributed by atoms with Gasteiger partial charge in [0.1, 0.15) is 6.10 Å². The molecule has 0 saturated carbocycles. The maximum Gasteiger partial charge on any atom is 0.107 e. The van der Waals surface area contributed by atoms with E-state index in [1.165, 1.54) is 23.3 Å². The fourth-order valence-corrected chi connectivity index (χ4v) is 3.08. The third-order valence-electron chi connectivity index (χ3n) is 2.98. The number of hydrogen-bond acceptors (Lipinski definition) is 3. The number of thiophene rings is 1. The largest absolute Gasteiger partial charge is 0.371 e. The third-order valence-corrected chi connectivity index (χ3v) is 4.06. The second-order valence-corrected chi connectivity index (χ2v) is 5.92. The molecule has 1 aromatic rings. The Bertz CT molecular complexity index is 322. The van der Waals surface area contributed by atoms with Crippen molar-refractivity contribution in [2.45, 2.75) is 52.7 Å². The van der Waals surface area contributed by atoms with E-state index >= 15 is 0 Å². The van der Waals surface area contributed by atoms with Gasteiger partial charge in [0.25, 0.3) is 0 Å². The lowest BCUT2D eigenvalue weighted by atomic mass is 10.1. The molecule has 0 amide bonds. The van der Waals surface area contributed by atoms with Gasteiger partial charge in [0, 0.05) is 10.9 Å². The van der Waals surface area contributed by atoms with Crippen molar-refractivity contribution in [3.05, 3.63) is 21.9 Å². The third kappa shape index (κ3) is 4.41. The Labute approximate surface area is 109 Å². The second kappa shape index (κ2) is 7.14. The van der Waals surface area contributed by atoms with Gasteiger partial charge in [-0.05, 0) is 43.2 Å². The van der Waals surface area contributed by atoms with Crippen LogP contribution in [0.2, 0.25) is 0 Å². The van der Waals surface area contributed by atoms with E-state index in [1.807, 2.05) is 6.92 Å². The van der Waals surface area contributed by atoms with Crippen LogP contribution in [0.3, 0.4) is 0 Å². The summed E-state index contributed by atoms with van der Waals surface area (Å²) < 4.78 is 6.03. The van der Waals surface area contributed by atoms with Crippen LogP contribution < -0.4 is 5.73 Å². The number of rotatable bonds is 7. The molecule has 0 fully saturated rings. The van der Waals surface area contributed by atoms with Crippen molar-refractivity contribution < 1.29 is 4.74 Å². The predicted octanol–water partition coefficient (Wildman–Crippen LogP) is 3.90. The average Bonchev–Trinajstić information content (AvgIpc) is 2.65. The van der Waals surface area contributed by atoms with Gasteiger partial charge in [-0.3, -0.25) is 0 Å². The zero-order chi connectivity index (χ0) is 12.8. The smallest absolute Gasteiger partial charge is 0.107 e. The first-order chi connectivity index (χ1) is 8.06. The molecule has 0 aliphatic rings. The lowest BCUT2D eigenvalue weighted by Crippen LogP contribution is -2.28. The van der Waals surface area contributed by atoms with Gasteiger partial charge < -0.3 is 10.5 Å². The van der Waals surface area contributed by atoms with Crippen LogP contribution >= 0.6 is 11.3 Å². The molecule has 0 spiro atoms.